The van der Waals surface area contributed by atoms with E-state index in [0.29, 0.717) is 24.5 Å². The fourth-order valence-electron chi connectivity index (χ4n) is 10.7. The summed E-state index contributed by atoms with van der Waals surface area (Å²) in [5, 5.41) is 11.9. The highest BCUT2D eigenvalue weighted by molar-refractivity contribution is 5.36. The van der Waals surface area contributed by atoms with Gasteiger partial charge >= 0.3 is 0 Å². The van der Waals surface area contributed by atoms with Crippen LogP contribution in [0.2, 0.25) is 0 Å². The number of rotatable bonds is 8. The molecular formula is C34H52O3. The van der Waals surface area contributed by atoms with Crippen molar-refractivity contribution in [3.05, 3.63) is 35.9 Å². The molecule has 0 aromatic heterocycles. The van der Waals surface area contributed by atoms with Crippen molar-refractivity contribution in [3.63, 3.8) is 0 Å². The third kappa shape index (κ3) is 3.84. The molecule has 3 heteroatoms. The zero-order chi connectivity index (χ0) is 26.1. The van der Waals surface area contributed by atoms with Gasteiger partial charge in [-0.05, 0) is 91.9 Å². The molecule has 4 aliphatic carbocycles. The van der Waals surface area contributed by atoms with E-state index in [2.05, 4.69) is 65.0 Å². The van der Waals surface area contributed by atoms with Crippen LogP contribution in [0.25, 0.3) is 0 Å². The van der Waals surface area contributed by atoms with E-state index in [9.17, 15) is 5.11 Å². The molecule has 206 valence electrons. The van der Waals surface area contributed by atoms with Gasteiger partial charge in [-0.3, -0.25) is 0 Å². The van der Waals surface area contributed by atoms with Crippen molar-refractivity contribution < 1.29 is 14.6 Å². The fourth-order valence-corrected chi connectivity index (χ4v) is 10.7. The molecule has 5 fully saturated rings. The fraction of sp³-hybridized carbons (Fsp3) is 0.824. The molecule has 0 amide bonds. The molecule has 0 radical (unpaired) electrons. The number of epoxide rings is 1. The van der Waals surface area contributed by atoms with Crippen molar-refractivity contribution in [3.8, 4) is 0 Å². The summed E-state index contributed by atoms with van der Waals surface area (Å²) < 4.78 is 13.5. The van der Waals surface area contributed by atoms with E-state index in [1.54, 1.807) is 0 Å². The maximum absolute atomic E-state index is 11.9. The van der Waals surface area contributed by atoms with E-state index in [1.165, 1.54) is 56.9 Å². The average Bonchev–Trinajstić information content (AvgIpc) is 3.47. The molecule has 1 N–H and O–H groups in total. The Morgan fingerprint density at radius 1 is 0.973 bits per heavy atom. The molecule has 10 unspecified atom stereocenters. The van der Waals surface area contributed by atoms with Crippen molar-refractivity contribution in [2.24, 2.45) is 40.4 Å². The normalized spacial score (nSPS) is 47.1. The van der Waals surface area contributed by atoms with Gasteiger partial charge in [0.15, 0.2) is 0 Å². The third-order valence-corrected chi connectivity index (χ3v) is 12.7. The first-order chi connectivity index (χ1) is 17.7. The zero-order valence-corrected chi connectivity index (χ0v) is 24.2. The molecule has 37 heavy (non-hydrogen) atoms. The first-order valence-electron chi connectivity index (χ1n) is 15.7. The number of hydrogen-bond acceptors (Lipinski definition) is 3. The van der Waals surface area contributed by atoms with Crippen LogP contribution >= 0.6 is 0 Å². The van der Waals surface area contributed by atoms with Crippen molar-refractivity contribution in [2.45, 2.75) is 135 Å². The molecule has 6 rings (SSSR count). The van der Waals surface area contributed by atoms with Crippen LogP contribution < -0.4 is 0 Å². The van der Waals surface area contributed by atoms with E-state index in [4.69, 9.17) is 9.47 Å². The second-order valence-electron chi connectivity index (χ2n) is 14.8. The predicted molar refractivity (Wildman–Crippen MR) is 149 cm³/mol. The Bertz CT molecular complexity index is 961. The second-order valence-corrected chi connectivity index (χ2v) is 14.8. The highest BCUT2D eigenvalue weighted by Crippen LogP contribution is 2.81. The van der Waals surface area contributed by atoms with Gasteiger partial charge in [0.05, 0.1) is 18.8 Å². The maximum atomic E-state index is 11.9. The molecule has 4 saturated carbocycles. The Labute approximate surface area is 226 Å². The van der Waals surface area contributed by atoms with Gasteiger partial charge in [-0.2, -0.15) is 0 Å². The molecule has 1 aliphatic heterocycles. The van der Waals surface area contributed by atoms with Crippen LogP contribution in [0.3, 0.4) is 0 Å². The van der Waals surface area contributed by atoms with Crippen LogP contribution in [0.1, 0.15) is 111 Å². The topological polar surface area (TPSA) is 42.0 Å². The molecule has 5 aliphatic rings. The standard InChI is InChI=1S/C34H52O3/c1-23(2)10-9-11-24(3)28-15-19-33-32(28,5)18-16-29-31(4)17-14-27(36-22-25-12-7-6-8-13-25)20-26(31)21-30(35)34(29,33)37-33/h6-8,12-13,23-24,26-30,35H,9-11,14-22H2,1-5H3. The average molecular weight is 509 g/mol. The molecule has 1 aromatic carbocycles. The summed E-state index contributed by atoms with van der Waals surface area (Å²) in [6.07, 6.45) is 13.3. The monoisotopic (exact) mass is 508 g/mol. The smallest absolute Gasteiger partial charge is 0.128 e. The van der Waals surface area contributed by atoms with E-state index in [0.717, 1.165) is 37.0 Å². The molecule has 1 saturated heterocycles. The first kappa shape index (κ1) is 26.3. The molecular weight excluding hydrogens is 456 g/mol. The maximum Gasteiger partial charge on any atom is 0.128 e. The lowest BCUT2D eigenvalue weighted by Crippen LogP contribution is -2.64. The van der Waals surface area contributed by atoms with Gasteiger partial charge in [-0.15, -0.1) is 0 Å². The van der Waals surface area contributed by atoms with Crippen molar-refractivity contribution in [2.75, 3.05) is 0 Å². The highest BCUT2D eigenvalue weighted by Gasteiger charge is 2.88. The Kier molecular flexibility index (Phi) is 6.65. The number of ether oxygens (including phenoxy) is 2. The van der Waals surface area contributed by atoms with Crippen LogP contribution in [0.4, 0.5) is 0 Å². The van der Waals surface area contributed by atoms with Crippen molar-refractivity contribution in [1.29, 1.82) is 0 Å². The van der Waals surface area contributed by atoms with E-state index < -0.39 is 0 Å². The van der Waals surface area contributed by atoms with Gasteiger partial charge in [-0.25, -0.2) is 0 Å². The van der Waals surface area contributed by atoms with Gasteiger partial charge in [0, 0.05) is 5.41 Å². The quantitative estimate of drug-likeness (QED) is 0.362. The Balaban J connectivity index is 1.16. The Hall–Kier alpha value is -0.900. The molecule has 2 spiro atoms. The second kappa shape index (κ2) is 9.34. The number of aliphatic hydroxyl groups excluding tert-OH is 1. The van der Waals surface area contributed by atoms with Gasteiger partial charge in [0.25, 0.3) is 0 Å². The predicted octanol–water partition coefficient (Wildman–Crippen LogP) is 7.94. The van der Waals surface area contributed by atoms with Crippen LogP contribution in [0.5, 0.6) is 0 Å². The third-order valence-electron chi connectivity index (χ3n) is 12.7. The lowest BCUT2D eigenvalue weighted by atomic mass is 9.43. The largest absolute Gasteiger partial charge is 0.390 e. The molecule has 3 nitrogen and oxygen atoms in total. The minimum atomic E-state index is -0.321. The van der Waals surface area contributed by atoms with E-state index in [-0.39, 0.29) is 28.1 Å². The number of fused-ring (bicyclic) bond motifs is 2. The minimum absolute atomic E-state index is 0.0755. The highest BCUT2D eigenvalue weighted by atomic mass is 16.6. The SMILES string of the molecule is CC(C)CCCC(C)C1CCC23OC24C(O)CC2CC(OCc5ccccc5)CCC2(C)C4CCC13C. The van der Waals surface area contributed by atoms with Crippen molar-refractivity contribution in [1.82, 2.24) is 0 Å². The molecule has 1 heterocycles. The molecule has 0 bridgehead atoms. The molecule has 1 aromatic rings. The summed E-state index contributed by atoms with van der Waals surface area (Å²) in [5.74, 6) is 3.31. The van der Waals surface area contributed by atoms with Gasteiger partial charge < -0.3 is 14.6 Å². The lowest BCUT2D eigenvalue weighted by Gasteiger charge is -2.59. The number of aliphatic hydroxyl groups is 1. The summed E-state index contributed by atoms with van der Waals surface area (Å²) in [6.45, 7) is 13.0. The van der Waals surface area contributed by atoms with E-state index in [1.807, 2.05) is 0 Å². The van der Waals surface area contributed by atoms with Crippen LogP contribution in [0, 0.1) is 40.4 Å². The summed E-state index contributed by atoms with van der Waals surface area (Å²) in [6, 6.07) is 10.6. The van der Waals surface area contributed by atoms with E-state index >= 15 is 0 Å². The minimum Gasteiger partial charge on any atom is -0.390 e. The van der Waals surface area contributed by atoms with Crippen LogP contribution in [-0.2, 0) is 16.1 Å². The summed E-state index contributed by atoms with van der Waals surface area (Å²) >= 11 is 0. The lowest BCUT2D eigenvalue weighted by molar-refractivity contribution is -0.153. The van der Waals surface area contributed by atoms with Crippen molar-refractivity contribution >= 4 is 0 Å². The first-order valence-corrected chi connectivity index (χ1v) is 15.7. The van der Waals surface area contributed by atoms with Gasteiger partial charge in [-0.1, -0.05) is 84.2 Å². The Morgan fingerprint density at radius 2 is 1.76 bits per heavy atom. The van der Waals surface area contributed by atoms with Gasteiger partial charge in [0.2, 0.25) is 0 Å². The van der Waals surface area contributed by atoms with Gasteiger partial charge in [0.1, 0.15) is 11.2 Å². The summed E-state index contributed by atoms with van der Waals surface area (Å²) in [7, 11) is 0. The molecule has 10 atom stereocenters. The summed E-state index contributed by atoms with van der Waals surface area (Å²) in [4.78, 5) is 0. The number of benzene rings is 1. The van der Waals surface area contributed by atoms with Crippen LogP contribution in [-0.4, -0.2) is 28.5 Å². The zero-order valence-electron chi connectivity index (χ0n) is 24.2. The summed E-state index contributed by atoms with van der Waals surface area (Å²) in [5.41, 5.74) is 1.38. The number of hydrogen-bond donors (Lipinski definition) is 1. The van der Waals surface area contributed by atoms with Crippen LogP contribution in [0.15, 0.2) is 30.3 Å². The Morgan fingerprint density at radius 3 is 2.51 bits per heavy atom.